The summed E-state index contributed by atoms with van der Waals surface area (Å²) in [5.74, 6) is 0.853. The Morgan fingerprint density at radius 1 is 1.33 bits per heavy atom. The Bertz CT molecular complexity index is 450. The SMILES string of the molecule is CNC1CCC(N(C)CCOc2ccc(Cl)cc2Br)CC1. The van der Waals surface area contributed by atoms with Crippen molar-refractivity contribution in [3.05, 3.63) is 27.7 Å². The molecule has 0 radical (unpaired) electrons. The fourth-order valence-electron chi connectivity index (χ4n) is 2.88. The molecule has 1 fully saturated rings. The Hall–Kier alpha value is -0.290. The first-order valence-corrected chi connectivity index (χ1v) is 8.72. The van der Waals surface area contributed by atoms with Crippen LogP contribution in [0.5, 0.6) is 5.75 Å². The maximum atomic E-state index is 5.93. The van der Waals surface area contributed by atoms with Crippen LogP contribution < -0.4 is 10.1 Å². The van der Waals surface area contributed by atoms with Crippen LogP contribution in [0.25, 0.3) is 0 Å². The van der Waals surface area contributed by atoms with Crippen LogP contribution in [0, 0.1) is 0 Å². The number of hydrogen-bond acceptors (Lipinski definition) is 3. The van der Waals surface area contributed by atoms with E-state index in [1.807, 2.05) is 18.2 Å². The first kappa shape index (κ1) is 17.1. The van der Waals surface area contributed by atoms with Gasteiger partial charge in [-0.2, -0.15) is 0 Å². The van der Waals surface area contributed by atoms with Gasteiger partial charge in [0.2, 0.25) is 0 Å². The maximum absolute atomic E-state index is 5.93. The van der Waals surface area contributed by atoms with Gasteiger partial charge in [0.1, 0.15) is 12.4 Å². The molecule has 0 atom stereocenters. The molecule has 21 heavy (non-hydrogen) atoms. The lowest BCUT2D eigenvalue weighted by molar-refractivity contribution is 0.150. The van der Waals surface area contributed by atoms with E-state index in [0.29, 0.717) is 23.7 Å². The van der Waals surface area contributed by atoms with Gasteiger partial charge >= 0.3 is 0 Å². The molecule has 5 heteroatoms. The molecule has 2 rings (SSSR count). The molecule has 1 N–H and O–H groups in total. The average Bonchev–Trinajstić information content (AvgIpc) is 2.49. The van der Waals surface area contributed by atoms with Crippen molar-refractivity contribution in [3.8, 4) is 5.75 Å². The number of benzene rings is 1. The molecule has 1 aliphatic carbocycles. The predicted octanol–water partition coefficient (Wildman–Crippen LogP) is 3.94. The van der Waals surface area contributed by atoms with Crippen LogP contribution in [0.15, 0.2) is 22.7 Å². The van der Waals surface area contributed by atoms with Gasteiger partial charge in [-0.3, -0.25) is 0 Å². The predicted molar refractivity (Wildman–Crippen MR) is 92.4 cm³/mol. The normalized spacial score (nSPS) is 22.5. The monoisotopic (exact) mass is 374 g/mol. The summed E-state index contributed by atoms with van der Waals surface area (Å²) in [6.07, 6.45) is 5.09. The van der Waals surface area contributed by atoms with Gasteiger partial charge in [-0.15, -0.1) is 0 Å². The van der Waals surface area contributed by atoms with Crippen LogP contribution in [0.3, 0.4) is 0 Å². The fourth-order valence-corrected chi connectivity index (χ4v) is 3.68. The highest BCUT2D eigenvalue weighted by molar-refractivity contribution is 9.10. The highest BCUT2D eigenvalue weighted by atomic mass is 79.9. The average molecular weight is 376 g/mol. The Balaban J connectivity index is 1.73. The summed E-state index contributed by atoms with van der Waals surface area (Å²) in [5.41, 5.74) is 0. The lowest BCUT2D eigenvalue weighted by Crippen LogP contribution is -2.41. The zero-order valence-corrected chi connectivity index (χ0v) is 15.1. The van der Waals surface area contributed by atoms with Gasteiger partial charge in [0.25, 0.3) is 0 Å². The zero-order valence-electron chi connectivity index (χ0n) is 12.7. The van der Waals surface area contributed by atoms with E-state index >= 15 is 0 Å². The van der Waals surface area contributed by atoms with Gasteiger partial charge in [0.05, 0.1) is 4.47 Å². The van der Waals surface area contributed by atoms with Crippen LogP contribution in [-0.4, -0.2) is 44.2 Å². The summed E-state index contributed by atoms with van der Waals surface area (Å²) in [4.78, 5) is 2.43. The van der Waals surface area contributed by atoms with Gasteiger partial charge in [-0.25, -0.2) is 0 Å². The molecule has 1 aliphatic rings. The third-order valence-electron chi connectivity index (χ3n) is 4.32. The van der Waals surface area contributed by atoms with E-state index in [9.17, 15) is 0 Å². The van der Waals surface area contributed by atoms with Crippen molar-refractivity contribution < 1.29 is 4.74 Å². The van der Waals surface area contributed by atoms with Crippen molar-refractivity contribution in [1.29, 1.82) is 0 Å². The van der Waals surface area contributed by atoms with Crippen LogP contribution in [0.1, 0.15) is 25.7 Å². The first-order valence-electron chi connectivity index (χ1n) is 7.55. The van der Waals surface area contributed by atoms with E-state index in [4.69, 9.17) is 16.3 Å². The number of nitrogens with zero attached hydrogens (tertiary/aromatic N) is 1. The number of nitrogens with one attached hydrogen (secondary N) is 1. The van der Waals surface area contributed by atoms with Gasteiger partial charge in [0.15, 0.2) is 0 Å². The minimum atomic E-state index is 0.687. The summed E-state index contributed by atoms with van der Waals surface area (Å²) < 4.78 is 6.75. The van der Waals surface area contributed by atoms with E-state index in [-0.39, 0.29) is 0 Å². The maximum Gasteiger partial charge on any atom is 0.133 e. The Morgan fingerprint density at radius 3 is 2.67 bits per heavy atom. The standard InChI is InChI=1S/C16H24BrClN2O/c1-19-13-4-6-14(7-5-13)20(2)9-10-21-16-8-3-12(18)11-15(16)17/h3,8,11,13-14,19H,4-7,9-10H2,1-2H3. The van der Waals surface area contributed by atoms with Gasteiger partial charge in [0, 0.05) is 23.7 Å². The molecule has 0 bridgehead atoms. The number of rotatable bonds is 6. The van der Waals surface area contributed by atoms with Crippen molar-refractivity contribution in [2.24, 2.45) is 0 Å². The second-order valence-electron chi connectivity index (χ2n) is 5.70. The molecular weight excluding hydrogens is 352 g/mol. The number of likely N-dealkylation sites (N-methyl/N-ethyl adjacent to an activating group) is 1. The summed E-state index contributed by atoms with van der Waals surface area (Å²) in [6.45, 7) is 1.65. The second-order valence-corrected chi connectivity index (χ2v) is 6.99. The van der Waals surface area contributed by atoms with Crippen LogP contribution in [-0.2, 0) is 0 Å². The van der Waals surface area contributed by atoms with Gasteiger partial charge in [-0.05, 0) is 73.9 Å². The highest BCUT2D eigenvalue weighted by Crippen LogP contribution is 2.28. The summed E-state index contributed by atoms with van der Waals surface area (Å²) in [5, 5.41) is 4.10. The molecule has 1 aromatic carbocycles. The quantitative estimate of drug-likeness (QED) is 0.815. The lowest BCUT2D eigenvalue weighted by atomic mass is 9.90. The van der Waals surface area contributed by atoms with Crippen LogP contribution in [0.2, 0.25) is 5.02 Å². The summed E-state index contributed by atoms with van der Waals surface area (Å²) >= 11 is 9.40. The lowest BCUT2D eigenvalue weighted by Gasteiger charge is -2.34. The first-order chi connectivity index (χ1) is 10.1. The van der Waals surface area contributed by atoms with E-state index in [1.165, 1.54) is 25.7 Å². The Labute approximate surface area is 141 Å². The summed E-state index contributed by atoms with van der Waals surface area (Å²) in [6, 6.07) is 7.01. The molecule has 0 saturated heterocycles. The molecular formula is C16H24BrClN2O. The molecule has 1 aromatic rings. The third-order valence-corrected chi connectivity index (χ3v) is 5.18. The molecule has 118 valence electrons. The second kappa shape index (κ2) is 8.37. The van der Waals surface area contributed by atoms with E-state index in [2.05, 4.69) is 40.2 Å². The highest BCUT2D eigenvalue weighted by Gasteiger charge is 2.22. The largest absolute Gasteiger partial charge is 0.491 e. The minimum absolute atomic E-state index is 0.687. The zero-order chi connectivity index (χ0) is 15.2. The fraction of sp³-hybridized carbons (Fsp3) is 0.625. The molecule has 0 unspecified atom stereocenters. The van der Waals surface area contributed by atoms with Gasteiger partial charge < -0.3 is 15.0 Å². The smallest absolute Gasteiger partial charge is 0.133 e. The van der Waals surface area contributed by atoms with Crippen molar-refractivity contribution in [2.75, 3.05) is 27.2 Å². The van der Waals surface area contributed by atoms with E-state index in [1.54, 1.807) is 0 Å². The summed E-state index contributed by atoms with van der Waals surface area (Å²) in [7, 11) is 4.26. The Morgan fingerprint density at radius 2 is 2.05 bits per heavy atom. The molecule has 0 aliphatic heterocycles. The number of halogens is 2. The molecule has 1 saturated carbocycles. The molecule has 3 nitrogen and oxygen atoms in total. The van der Waals surface area contributed by atoms with Crippen molar-refractivity contribution >= 4 is 27.5 Å². The molecule has 0 spiro atoms. The molecule has 0 heterocycles. The van der Waals surface area contributed by atoms with Crippen molar-refractivity contribution in [1.82, 2.24) is 10.2 Å². The van der Waals surface area contributed by atoms with Crippen molar-refractivity contribution in [2.45, 2.75) is 37.8 Å². The van der Waals surface area contributed by atoms with E-state index in [0.717, 1.165) is 16.8 Å². The third kappa shape index (κ3) is 5.13. The Kier molecular flexibility index (Phi) is 6.80. The van der Waals surface area contributed by atoms with Crippen LogP contribution in [0.4, 0.5) is 0 Å². The minimum Gasteiger partial charge on any atom is -0.491 e. The number of ether oxygens (including phenoxy) is 1. The van der Waals surface area contributed by atoms with E-state index < -0.39 is 0 Å². The molecule has 0 amide bonds. The molecule has 0 aromatic heterocycles. The van der Waals surface area contributed by atoms with Gasteiger partial charge in [-0.1, -0.05) is 11.6 Å². The number of hydrogen-bond donors (Lipinski definition) is 1. The topological polar surface area (TPSA) is 24.5 Å². The van der Waals surface area contributed by atoms with Crippen molar-refractivity contribution in [3.63, 3.8) is 0 Å². The van der Waals surface area contributed by atoms with Crippen LogP contribution >= 0.6 is 27.5 Å².